The van der Waals surface area contributed by atoms with E-state index in [2.05, 4.69) is 53.1 Å². The molecule has 28 heavy (non-hydrogen) atoms. The predicted octanol–water partition coefficient (Wildman–Crippen LogP) is 5.17. The summed E-state index contributed by atoms with van der Waals surface area (Å²) in [6, 6.07) is 16.5. The van der Waals surface area contributed by atoms with Gasteiger partial charge >= 0.3 is 0 Å². The molecule has 0 saturated carbocycles. The lowest BCUT2D eigenvalue weighted by molar-refractivity contribution is 0.101. The maximum Gasteiger partial charge on any atom is 0.159 e. The summed E-state index contributed by atoms with van der Waals surface area (Å²) in [4.78, 5) is 16.2. The van der Waals surface area contributed by atoms with E-state index in [0.29, 0.717) is 0 Å². The van der Waals surface area contributed by atoms with Gasteiger partial charge in [0, 0.05) is 43.1 Å². The highest BCUT2D eigenvalue weighted by Crippen LogP contribution is 2.23. The number of nitrogens with zero attached hydrogens (tertiary/aromatic N) is 2. The number of hydrogen-bond donors (Lipinski definition) is 0. The number of carbonyl (C=O) groups is 1. The Hall–Kier alpha value is -2.49. The fraction of sp³-hybridized carbons (Fsp3) is 0.458. The summed E-state index contributed by atoms with van der Waals surface area (Å²) in [5, 5.41) is 0. The molecule has 1 aliphatic heterocycles. The second kappa shape index (κ2) is 10.2. The van der Waals surface area contributed by atoms with Gasteiger partial charge < -0.3 is 14.5 Å². The summed E-state index contributed by atoms with van der Waals surface area (Å²) in [6.45, 7) is 8.59. The lowest BCUT2D eigenvalue weighted by atomic mass is 10.1. The van der Waals surface area contributed by atoms with Gasteiger partial charge in [0.25, 0.3) is 0 Å². The fourth-order valence-corrected chi connectivity index (χ4v) is 3.60. The van der Waals surface area contributed by atoms with Crippen LogP contribution in [-0.4, -0.2) is 38.6 Å². The summed E-state index contributed by atoms with van der Waals surface area (Å²) in [6.07, 6.45) is 4.92. The first-order valence-corrected chi connectivity index (χ1v) is 10.5. The van der Waals surface area contributed by atoms with Gasteiger partial charge in [-0.3, -0.25) is 4.79 Å². The highest BCUT2D eigenvalue weighted by Gasteiger charge is 2.17. The van der Waals surface area contributed by atoms with E-state index < -0.39 is 0 Å². The van der Waals surface area contributed by atoms with Crippen LogP contribution in [0.1, 0.15) is 49.9 Å². The van der Waals surface area contributed by atoms with Gasteiger partial charge in [0.15, 0.2) is 5.78 Å². The molecule has 4 heteroatoms. The molecular formula is C24H32N2O2. The summed E-state index contributed by atoms with van der Waals surface area (Å²) < 4.78 is 5.85. The van der Waals surface area contributed by atoms with Gasteiger partial charge in [0.1, 0.15) is 5.75 Å². The third-order valence-corrected chi connectivity index (χ3v) is 5.39. The van der Waals surface area contributed by atoms with Crippen molar-refractivity contribution in [3.05, 3.63) is 54.1 Å². The Balaban J connectivity index is 1.47. The Labute approximate surface area is 169 Å². The highest BCUT2D eigenvalue weighted by molar-refractivity contribution is 5.94. The Morgan fingerprint density at radius 1 is 0.821 bits per heavy atom. The van der Waals surface area contributed by atoms with Crippen molar-refractivity contribution in [2.75, 3.05) is 42.6 Å². The molecule has 0 aliphatic carbocycles. The maximum atomic E-state index is 11.4. The highest BCUT2D eigenvalue weighted by atomic mass is 16.5. The van der Waals surface area contributed by atoms with Crippen LogP contribution in [0.5, 0.6) is 5.75 Å². The van der Waals surface area contributed by atoms with E-state index in [1.807, 2.05) is 12.1 Å². The van der Waals surface area contributed by atoms with E-state index in [9.17, 15) is 4.79 Å². The van der Waals surface area contributed by atoms with Gasteiger partial charge in [-0.2, -0.15) is 0 Å². The van der Waals surface area contributed by atoms with Crippen LogP contribution >= 0.6 is 0 Å². The summed E-state index contributed by atoms with van der Waals surface area (Å²) in [7, 11) is 0. The van der Waals surface area contributed by atoms with Gasteiger partial charge in [-0.25, -0.2) is 0 Å². The number of rotatable bonds is 9. The molecule has 1 aliphatic rings. The largest absolute Gasteiger partial charge is 0.494 e. The number of piperazine rings is 1. The molecule has 0 amide bonds. The van der Waals surface area contributed by atoms with Crippen LogP contribution in [0.4, 0.5) is 11.4 Å². The normalized spacial score (nSPS) is 14.2. The number of hydrogen-bond acceptors (Lipinski definition) is 4. The quantitative estimate of drug-likeness (QED) is 0.443. The average molecular weight is 381 g/mol. The zero-order valence-corrected chi connectivity index (χ0v) is 17.2. The molecule has 0 N–H and O–H groups in total. The van der Waals surface area contributed by atoms with Crippen molar-refractivity contribution in [3.8, 4) is 5.75 Å². The van der Waals surface area contributed by atoms with E-state index >= 15 is 0 Å². The standard InChI is InChI=1S/C24H32N2O2/c1-3-4-5-6-19-28-24-13-11-23(12-14-24)26-17-15-25(16-18-26)22-9-7-21(8-10-22)20(2)27/h7-14H,3-6,15-19H2,1-2H3. The molecule has 0 atom stereocenters. The van der Waals surface area contributed by atoms with E-state index in [1.165, 1.54) is 30.6 Å². The lowest BCUT2D eigenvalue weighted by Gasteiger charge is -2.37. The lowest BCUT2D eigenvalue weighted by Crippen LogP contribution is -2.46. The molecular weight excluding hydrogens is 348 g/mol. The number of anilines is 2. The van der Waals surface area contributed by atoms with Crippen LogP contribution in [0, 0.1) is 0 Å². The van der Waals surface area contributed by atoms with Gasteiger partial charge in [-0.05, 0) is 61.9 Å². The summed E-state index contributed by atoms with van der Waals surface area (Å²) >= 11 is 0. The van der Waals surface area contributed by atoms with Crippen LogP contribution in [0.2, 0.25) is 0 Å². The smallest absolute Gasteiger partial charge is 0.159 e. The van der Waals surface area contributed by atoms with E-state index in [4.69, 9.17) is 4.74 Å². The third-order valence-electron chi connectivity index (χ3n) is 5.39. The first-order chi connectivity index (χ1) is 13.7. The zero-order chi connectivity index (χ0) is 19.8. The second-order valence-electron chi connectivity index (χ2n) is 7.48. The van der Waals surface area contributed by atoms with Crippen molar-refractivity contribution in [3.63, 3.8) is 0 Å². The number of Topliss-reactive ketones (excluding diaryl/α,β-unsaturated/α-hetero) is 1. The van der Waals surface area contributed by atoms with Crippen molar-refractivity contribution >= 4 is 17.2 Å². The van der Waals surface area contributed by atoms with Crippen LogP contribution in [0.3, 0.4) is 0 Å². The first-order valence-electron chi connectivity index (χ1n) is 10.5. The molecule has 4 nitrogen and oxygen atoms in total. The van der Waals surface area contributed by atoms with E-state index in [0.717, 1.165) is 50.5 Å². The Bertz CT molecular complexity index is 732. The van der Waals surface area contributed by atoms with Gasteiger partial charge in [0.2, 0.25) is 0 Å². The SMILES string of the molecule is CCCCCCOc1ccc(N2CCN(c3ccc(C(C)=O)cc3)CC2)cc1. The van der Waals surface area contributed by atoms with Crippen LogP contribution in [0.25, 0.3) is 0 Å². The average Bonchev–Trinajstić information content (AvgIpc) is 2.74. The van der Waals surface area contributed by atoms with E-state index in [1.54, 1.807) is 6.92 Å². The first kappa shape index (κ1) is 20.2. The Kier molecular flexibility index (Phi) is 7.35. The number of carbonyl (C=O) groups excluding carboxylic acids is 1. The molecule has 1 saturated heterocycles. The molecule has 0 spiro atoms. The summed E-state index contributed by atoms with van der Waals surface area (Å²) in [5.41, 5.74) is 3.22. The van der Waals surface area contributed by atoms with Crippen LogP contribution in [-0.2, 0) is 0 Å². The Morgan fingerprint density at radius 2 is 1.36 bits per heavy atom. The molecule has 1 heterocycles. The number of ketones is 1. The molecule has 3 rings (SSSR count). The summed E-state index contributed by atoms with van der Waals surface area (Å²) in [5.74, 6) is 1.08. The fourth-order valence-electron chi connectivity index (χ4n) is 3.60. The van der Waals surface area contributed by atoms with Gasteiger partial charge in [0.05, 0.1) is 6.61 Å². The van der Waals surface area contributed by atoms with Crippen LogP contribution < -0.4 is 14.5 Å². The molecule has 0 aromatic heterocycles. The minimum Gasteiger partial charge on any atom is -0.494 e. The number of ether oxygens (including phenoxy) is 1. The minimum absolute atomic E-state index is 0.116. The second-order valence-corrected chi connectivity index (χ2v) is 7.48. The van der Waals surface area contributed by atoms with Crippen molar-refractivity contribution in [1.29, 1.82) is 0 Å². The van der Waals surface area contributed by atoms with E-state index in [-0.39, 0.29) is 5.78 Å². The minimum atomic E-state index is 0.116. The Morgan fingerprint density at radius 3 is 1.86 bits per heavy atom. The molecule has 0 bridgehead atoms. The van der Waals surface area contributed by atoms with Crippen LogP contribution in [0.15, 0.2) is 48.5 Å². The molecule has 0 unspecified atom stereocenters. The third kappa shape index (κ3) is 5.51. The topological polar surface area (TPSA) is 32.8 Å². The number of benzene rings is 2. The number of unbranched alkanes of at least 4 members (excludes halogenated alkanes) is 3. The molecule has 150 valence electrons. The van der Waals surface area contributed by atoms with Crippen molar-refractivity contribution in [2.45, 2.75) is 39.5 Å². The van der Waals surface area contributed by atoms with Gasteiger partial charge in [-0.15, -0.1) is 0 Å². The molecule has 2 aromatic rings. The van der Waals surface area contributed by atoms with Crippen molar-refractivity contribution in [1.82, 2.24) is 0 Å². The predicted molar refractivity (Wildman–Crippen MR) is 117 cm³/mol. The van der Waals surface area contributed by atoms with Crippen molar-refractivity contribution < 1.29 is 9.53 Å². The van der Waals surface area contributed by atoms with Crippen molar-refractivity contribution in [2.24, 2.45) is 0 Å². The molecule has 2 aromatic carbocycles. The monoisotopic (exact) mass is 380 g/mol. The molecule has 1 fully saturated rings. The molecule has 0 radical (unpaired) electrons. The van der Waals surface area contributed by atoms with Gasteiger partial charge in [-0.1, -0.05) is 26.2 Å². The zero-order valence-electron chi connectivity index (χ0n) is 17.2. The maximum absolute atomic E-state index is 11.4.